The summed E-state index contributed by atoms with van der Waals surface area (Å²) in [6.45, 7) is 6.95. The third kappa shape index (κ3) is 5.62. The van der Waals surface area contributed by atoms with Crippen LogP contribution in [0.1, 0.15) is 43.7 Å². The molecule has 36 heavy (non-hydrogen) atoms. The molecule has 5 rings (SSSR count). The highest BCUT2D eigenvalue weighted by Crippen LogP contribution is 2.37. The zero-order valence-corrected chi connectivity index (χ0v) is 20.6. The molecule has 1 aliphatic heterocycles. The molecule has 0 amide bonds. The summed E-state index contributed by atoms with van der Waals surface area (Å²) >= 11 is 0. The Morgan fingerprint density at radius 2 is 2.06 bits per heavy atom. The van der Waals surface area contributed by atoms with Crippen LogP contribution in [0.4, 0.5) is 23.4 Å². The van der Waals surface area contributed by atoms with Gasteiger partial charge in [0, 0.05) is 56.4 Å². The Morgan fingerprint density at radius 1 is 1.14 bits per heavy atom. The molecule has 0 saturated carbocycles. The van der Waals surface area contributed by atoms with Crippen LogP contribution >= 0.6 is 0 Å². The van der Waals surface area contributed by atoms with Gasteiger partial charge in [-0.1, -0.05) is 11.2 Å². The van der Waals surface area contributed by atoms with Gasteiger partial charge in [0.15, 0.2) is 11.6 Å². The number of nitrogens with one attached hydrogen (secondary N) is 3. The molecule has 1 atom stereocenters. The number of aryl methyl sites for hydroxylation is 1. The Morgan fingerprint density at radius 3 is 2.86 bits per heavy atom. The Balaban J connectivity index is 1.39. The van der Waals surface area contributed by atoms with Gasteiger partial charge in [-0.2, -0.15) is 15.1 Å². The van der Waals surface area contributed by atoms with Crippen molar-refractivity contribution in [3.8, 4) is 11.4 Å². The minimum absolute atomic E-state index is 0.0105. The van der Waals surface area contributed by atoms with Crippen molar-refractivity contribution in [2.24, 2.45) is 0 Å². The van der Waals surface area contributed by atoms with Crippen LogP contribution in [0.2, 0.25) is 0 Å². The van der Waals surface area contributed by atoms with E-state index in [4.69, 9.17) is 19.2 Å². The number of aromatic nitrogens is 6. The van der Waals surface area contributed by atoms with Gasteiger partial charge < -0.3 is 24.8 Å². The van der Waals surface area contributed by atoms with Crippen LogP contribution in [0.5, 0.6) is 0 Å². The van der Waals surface area contributed by atoms with Crippen molar-refractivity contribution in [3.63, 3.8) is 0 Å². The highest BCUT2D eigenvalue weighted by Gasteiger charge is 2.32. The van der Waals surface area contributed by atoms with Gasteiger partial charge in [-0.3, -0.25) is 10.1 Å². The van der Waals surface area contributed by atoms with Gasteiger partial charge in [-0.05, 0) is 45.2 Å². The Kier molecular flexibility index (Phi) is 7.36. The maximum absolute atomic E-state index is 5.77. The summed E-state index contributed by atoms with van der Waals surface area (Å²) in [6.07, 6.45) is 4.56. The van der Waals surface area contributed by atoms with E-state index in [0.717, 1.165) is 67.6 Å². The topological polar surface area (TPSA) is 130 Å². The predicted octanol–water partition coefficient (Wildman–Crippen LogP) is 4.48. The lowest BCUT2D eigenvalue weighted by Crippen LogP contribution is -2.25. The minimum Gasteiger partial charge on any atom is -0.382 e. The van der Waals surface area contributed by atoms with E-state index in [2.05, 4.69) is 35.9 Å². The second-order valence-corrected chi connectivity index (χ2v) is 8.66. The molecule has 3 N–H and O–H groups in total. The molecule has 1 unspecified atom stereocenters. The summed E-state index contributed by atoms with van der Waals surface area (Å²) in [4.78, 5) is 16.2. The van der Waals surface area contributed by atoms with Crippen LogP contribution in [0.25, 0.3) is 11.4 Å². The molecule has 0 radical (unpaired) electrons. The van der Waals surface area contributed by atoms with Crippen LogP contribution in [0, 0.1) is 6.92 Å². The summed E-state index contributed by atoms with van der Waals surface area (Å²) in [7, 11) is 0. The summed E-state index contributed by atoms with van der Waals surface area (Å²) in [5.74, 6) is 3.51. The first-order chi connectivity index (χ1) is 17.7. The van der Waals surface area contributed by atoms with Crippen LogP contribution in [0.3, 0.4) is 0 Å². The van der Waals surface area contributed by atoms with E-state index >= 15 is 0 Å². The highest BCUT2D eigenvalue weighted by atomic mass is 16.5. The smallest absolute Gasteiger partial charge is 0.229 e. The number of rotatable bonds is 11. The molecule has 0 aliphatic carbocycles. The predicted molar refractivity (Wildman–Crippen MR) is 137 cm³/mol. The van der Waals surface area contributed by atoms with E-state index in [1.54, 1.807) is 6.20 Å². The van der Waals surface area contributed by atoms with E-state index in [1.165, 1.54) is 0 Å². The van der Waals surface area contributed by atoms with Gasteiger partial charge >= 0.3 is 0 Å². The van der Waals surface area contributed by atoms with Gasteiger partial charge in [-0.25, -0.2) is 0 Å². The number of nitrogens with zero attached hydrogens (tertiary/aromatic N) is 6. The molecule has 11 nitrogen and oxygen atoms in total. The monoisotopic (exact) mass is 489 g/mol. The number of anilines is 4. The maximum Gasteiger partial charge on any atom is 0.229 e. The zero-order chi connectivity index (χ0) is 24.7. The maximum atomic E-state index is 5.77. The summed E-state index contributed by atoms with van der Waals surface area (Å²) in [5, 5.41) is 18.2. The van der Waals surface area contributed by atoms with Crippen molar-refractivity contribution in [1.82, 2.24) is 30.3 Å². The largest absolute Gasteiger partial charge is 0.382 e. The van der Waals surface area contributed by atoms with Gasteiger partial charge in [0.05, 0.1) is 11.7 Å². The fourth-order valence-electron chi connectivity index (χ4n) is 4.25. The molecule has 1 saturated heterocycles. The fraction of sp³-hybridized carbons (Fsp3) is 0.400. The van der Waals surface area contributed by atoms with Crippen LogP contribution in [0.15, 0.2) is 47.1 Å². The molecular weight excluding hydrogens is 458 g/mol. The van der Waals surface area contributed by atoms with Gasteiger partial charge in [-0.15, -0.1) is 0 Å². The molecule has 11 heteroatoms. The van der Waals surface area contributed by atoms with E-state index in [9.17, 15) is 0 Å². The normalized spacial score (nSPS) is 15.4. The first-order valence-corrected chi connectivity index (χ1v) is 12.3. The Labute approximate surface area is 209 Å². The summed E-state index contributed by atoms with van der Waals surface area (Å²) in [5.41, 5.74) is 2.47. The van der Waals surface area contributed by atoms with Crippen molar-refractivity contribution >= 4 is 23.4 Å². The van der Waals surface area contributed by atoms with Crippen LogP contribution < -0.4 is 15.5 Å². The van der Waals surface area contributed by atoms with E-state index in [1.807, 2.05) is 50.2 Å². The molecule has 5 heterocycles. The van der Waals surface area contributed by atoms with Gasteiger partial charge in [0.25, 0.3) is 0 Å². The summed E-state index contributed by atoms with van der Waals surface area (Å²) in [6, 6.07) is 11.5. The Hall–Kier alpha value is -3.99. The average Bonchev–Trinajstić information content (AvgIpc) is 3.65. The van der Waals surface area contributed by atoms with E-state index in [-0.39, 0.29) is 6.04 Å². The number of ether oxygens (including phenoxy) is 1. The van der Waals surface area contributed by atoms with E-state index < -0.39 is 0 Å². The first-order valence-electron chi connectivity index (χ1n) is 12.3. The van der Waals surface area contributed by atoms with Crippen molar-refractivity contribution in [1.29, 1.82) is 0 Å². The third-order valence-electron chi connectivity index (χ3n) is 5.95. The lowest BCUT2D eigenvalue weighted by Gasteiger charge is -2.23. The summed E-state index contributed by atoms with van der Waals surface area (Å²) < 4.78 is 11.2. The zero-order valence-electron chi connectivity index (χ0n) is 20.6. The number of aromatic amines is 1. The molecule has 188 valence electrons. The minimum atomic E-state index is -0.0105. The second-order valence-electron chi connectivity index (χ2n) is 8.66. The Bertz CT molecular complexity index is 1260. The van der Waals surface area contributed by atoms with Crippen LogP contribution in [-0.4, -0.2) is 56.6 Å². The molecule has 1 aliphatic rings. The van der Waals surface area contributed by atoms with Crippen molar-refractivity contribution in [3.05, 3.63) is 54.0 Å². The van der Waals surface area contributed by atoms with Gasteiger partial charge in [0.2, 0.25) is 5.95 Å². The average molecular weight is 490 g/mol. The third-order valence-corrected chi connectivity index (χ3v) is 5.95. The molecule has 1 fully saturated rings. The molecule has 0 spiro atoms. The number of hydrogen-bond acceptors (Lipinski definition) is 10. The molecule has 4 aromatic rings. The SMILES string of the molecule is CCOCCCNc1cc(Nc2cc(C)[nH]n2)nc(N2CCCC2c2cc(-c3ccccn3)no2)n1. The van der Waals surface area contributed by atoms with Gasteiger partial charge in [0.1, 0.15) is 17.3 Å². The van der Waals surface area contributed by atoms with Crippen LogP contribution in [-0.2, 0) is 4.74 Å². The highest BCUT2D eigenvalue weighted by molar-refractivity contribution is 5.60. The first kappa shape index (κ1) is 23.7. The standard InChI is InChI=1S/C25H31N9O2/c1-3-35-13-7-11-27-22-16-23(28-24-14-17(2)31-32-24)30-25(29-22)34-12-6-9-20(34)21-15-19(33-36-21)18-8-4-5-10-26-18/h4-5,8,10,14-16,20H,3,6-7,9,11-13H2,1-2H3,(H3,27,28,29,30,31,32). The molecule has 4 aromatic heterocycles. The molecule has 0 aromatic carbocycles. The fourth-order valence-corrected chi connectivity index (χ4v) is 4.25. The number of hydrogen-bond donors (Lipinski definition) is 3. The molecular formula is C25H31N9O2. The second kappa shape index (κ2) is 11.2. The molecule has 0 bridgehead atoms. The quantitative estimate of drug-likeness (QED) is 0.259. The van der Waals surface area contributed by atoms with Crippen molar-refractivity contribution < 1.29 is 9.26 Å². The van der Waals surface area contributed by atoms with Crippen molar-refractivity contribution in [2.75, 3.05) is 41.8 Å². The van der Waals surface area contributed by atoms with Crippen molar-refractivity contribution in [2.45, 2.75) is 39.2 Å². The lowest BCUT2D eigenvalue weighted by molar-refractivity contribution is 0.147. The lowest BCUT2D eigenvalue weighted by atomic mass is 10.1. The number of pyridine rings is 1. The number of H-pyrrole nitrogens is 1. The van der Waals surface area contributed by atoms with E-state index in [0.29, 0.717) is 24.2 Å².